The first-order valence-electron chi connectivity index (χ1n) is 6.95. The summed E-state index contributed by atoms with van der Waals surface area (Å²) in [5.41, 5.74) is 0.700. The number of methoxy groups -OCH3 is 1. The fraction of sp³-hybridized carbons (Fsp3) is 0.467. The molecule has 0 saturated carbocycles. The molecule has 122 valence electrons. The first-order chi connectivity index (χ1) is 10.7. The Labute approximate surface area is 130 Å². The Morgan fingerprint density at radius 2 is 1.95 bits per heavy atom. The molecule has 0 bridgehead atoms. The van der Waals surface area contributed by atoms with E-state index in [2.05, 4.69) is 10.5 Å². The minimum atomic E-state index is -0.506. The second-order valence-electron chi connectivity index (χ2n) is 4.32. The number of carbonyl (C=O) groups excluding carboxylic acids is 1. The van der Waals surface area contributed by atoms with Gasteiger partial charge in [0.25, 0.3) is 0 Å². The van der Waals surface area contributed by atoms with Crippen LogP contribution in [0.15, 0.2) is 35.5 Å². The highest BCUT2D eigenvalue weighted by Gasteiger charge is 2.00. The third kappa shape index (κ3) is 8.80. The molecule has 0 aromatic heterocycles. The van der Waals surface area contributed by atoms with E-state index in [4.69, 9.17) is 19.0 Å². The average Bonchev–Trinajstić information content (AvgIpc) is 2.54. The van der Waals surface area contributed by atoms with Crippen LogP contribution in [-0.4, -0.2) is 51.9 Å². The van der Waals surface area contributed by atoms with Crippen LogP contribution in [-0.2, 0) is 14.3 Å². The highest BCUT2D eigenvalue weighted by molar-refractivity contribution is 5.82. The zero-order valence-corrected chi connectivity index (χ0v) is 12.9. The lowest BCUT2D eigenvalue weighted by molar-refractivity contribution is 0.0940. The fourth-order valence-corrected chi connectivity index (χ4v) is 1.35. The van der Waals surface area contributed by atoms with Gasteiger partial charge in [-0.25, -0.2) is 4.79 Å². The molecule has 1 rings (SSSR count). The zero-order chi connectivity index (χ0) is 16.0. The maximum Gasteiger partial charge on any atom is 0.407 e. The lowest BCUT2D eigenvalue weighted by Gasteiger charge is -2.07. The third-order valence-electron chi connectivity index (χ3n) is 2.39. The summed E-state index contributed by atoms with van der Waals surface area (Å²) < 4.78 is 15.1. The topological polar surface area (TPSA) is 78.4 Å². The standard InChI is InChI=1S/C15H22N2O5/c1-13(12-21-14-6-4-3-5-7-14)17-22-9-8-16-15(18)20-11-10-19-2/h3-7H,8-12H2,1-2H3,(H,16,18)/b17-13+. The molecule has 0 unspecified atom stereocenters. The van der Waals surface area contributed by atoms with Crippen molar-refractivity contribution in [3.05, 3.63) is 30.3 Å². The molecule has 0 atom stereocenters. The number of carbonyl (C=O) groups is 1. The van der Waals surface area contributed by atoms with Gasteiger partial charge in [-0.2, -0.15) is 0 Å². The largest absolute Gasteiger partial charge is 0.488 e. The van der Waals surface area contributed by atoms with E-state index in [-0.39, 0.29) is 13.2 Å². The van der Waals surface area contributed by atoms with Crippen LogP contribution in [0.25, 0.3) is 0 Å². The number of oxime groups is 1. The van der Waals surface area contributed by atoms with Crippen molar-refractivity contribution < 1.29 is 23.8 Å². The van der Waals surface area contributed by atoms with Crippen LogP contribution < -0.4 is 10.1 Å². The van der Waals surface area contributed by atoms with E-state index in [1.165, 1.54) is 7.11 Å². The normalized spacial score (nSPS) is 10.9. The predicted molar refractivity (Wildman–Crippen MR) is 82.2 cm³/mol. The molecule has 0 spiro atoms. The first kappa shape index (κ1) is 17.8. The minimum Gasteiger partial charge on any atom is -0.488 e. The van der Waals surface area contributed by atoms with Gasteiger partial charge in [0.1, 0.15) is 25.6 Å². The highest BCUT2D eigenvalue weighted by Crippen LogP contribution is 2.07. The third-order valence-corrected chi connectivity index (χ3v) is 2.39. The minimum absolute atomic E-state index is 0.220. The molecule has 7 heteroatoms. The Hall–Kier alpha value is -2.28. The summed E-state index contributed by atoms with van der Waals surface area (Å²) in [4.78, 5) is 16.2. The van der Waals surface area contributed by atoms with E-state index in [0.717, 1.165) is 5.75 Å². The van der Waals surface area contributed by atoms with Gasteiger partial charge in [0.2, 0.25) is 0 Å². The molecule has 1 aromatic rings. The van der Waals surface area contributed by atoms with Gasteiger partial charge in [-0.05, 0) is 19.1 Å². The summed E-state index contributed by atoms with van der Waals surface area (Å²) in [6.07, 6.45) is -0.506. The van der Waals surface area contributed by atoms with Gasteiger partial charge in [-0.3, -0.25) is 0 Å². The van der Waals surface area contributed by atoms with Crippen molar-refractivity contribution in [2.75, 3.05) is 40.1 Å². The van der Waals surface area contributed by atoms with Crippen molar-refractivity contribution in [3.8, 4) is 5.75 Å². The Morgan fingerprint density at radius 3 is 2.68 bits per heavy atom. The fourth-order valence-electron chi connectivity index (χ4n) is 1.35. The number of benzene rings is 1. The van der Waals surface area contributed by atoms with Crippen molar-refractivity contribution in [2.24, 2.45) is 5.16 Å². The Bertz CT molecular complexity index is 451. The van der Waals surface area contributed by atoms with Crippen LogP contribution in [0.1, 0.15) is 6.92 Å². The summed E-state index contributed by atoms with van der Waals surface area (Å²) in [5.74, 6) is 0.775. The molecule has 22 heavy (non-hydrogen) atoms. The van der Waals surface area contributed by atoms with Gasteiger partial charge in [0.15, 0.2) is 0 Å². The molecular weight excluding hydrogens is 288 g/mol. The molecule has 0 aliphatic rings. The number of amides is 1. The Kier molecular flexibility index (Phi) is 9.20. The Morgan fingerprint density at radius 1 is 1.18 bits per heavy atom. The molecule has 0 aliphatic carbocycles. The van der Waals surface area contributed by atoms with Crippen LogP contribution >= 0.6 is 0 Å². The van der Waals surface area contributed by atoms with E-state index < -0.39 is 6.09 Å². The first-order valence-corrected chi connectivity index (χ1v) is 6.95. The van der Waals surface area contributed by atoms with Crippen LogP contribution in [0.3, 0.4) is 0 Å². The number of para-hydroxylation sites is 1. The van der Waals surface area contributed by atoms with Crippen LogP contribution in [0, 0.1) is 0 Å². The molecule has 1 aromatic carbocycles. The summed E-state index contributed by atoms with van der Waals surface area (Å²) in [5, 5.41) is 6.42. The molecule has 0 radical (unpaired) electrons. The van der Waals surface area contributed by atoms with Crippen molar-refractivity contribution in [2.45, 2.75) is 6.92 Å². The number of rotatable bonds is 10. The van der Waals surface area contributed by atoms with Crippen molar-refractivity contribution in [1.82, 2.24) is 5.32 Å². The molecule has 1 amide bonds. The molecule has 1 N–H and O–H groups in total. The summed E-state index contributed by atoms with van der Waals surface area (Å²) in [6, 6.07) is 9.45. The maximum atomic E-state index is 11.2. The number of alkyl carbamates (subject to hydrolysis) is 1. The lowest BCUT2D eigenvalue weighted by atomic mass is 10.3. The Balaban J connectivity index is 2.06. The van der Waals surface area contributed by atoms with Gasteiger partial charge in [-0.1, -0.05) is 23.4 Å². The van der Waals surface area contributed by atoms with Crippen LogP contribution in [0.2, 0.25) is 0 Å². The maximum absolute atomic E-state index is 11.2. The molecule has 7 nitrogen and oxygen atoms in total. The van der Waals surface area contributed by atoms with Gasteiger partial charge in [-0.15, -0.1) is 0 Å². The van der Waals surface area contributed by atoms with E-state index in [9.17, 15) is 4.79 Å². The molecular formula is C15H22N2O5. The van der Waals surface area contributed by atoms with Crippen molar-refractivity contribution >= 4 is 11.8 Å². The number of nitrogens with one attached hydrogen (secondary N) is 1. The zero-order valence-electron chi connectivity index (χ0n) is 12.9. The van der Waals surface area contributed by atoms with E-state index in [1.54, 1.807) is 6.92 Å². The number of nitrogens with zero attached hydrogens (tertiary/aromatic N) is 1. The summed E-state index contributed by atoms with van der Waals surface area (Å²) >= 11 is 0. The van der Waals surface area contributed by atoms with Crippen LogP contribution in [0.4, 0.5) is 4.79 Å². The van der Waals surface area contributed by atoms with Gasteiger partial charge in [0, 0.05) is 7.11 Å². The van der Waals surface area contributed by atoms with Gasteiger partial charge >= 0.3 is 6.09 Å². The van der Waals surface area contributed by atoms with Crippen LogP contribution in [0.5, 0.6) is 5.75 Å². The van der Waals surface area contributed by atoms with Crippen molar-refractivity contribution in [1.29, 1.82) is 0 Å². The monoisotopic (exact) mass is 310 g/mol. The highest BCUT2D eigenvalue weighted by atomic mass is 16.6. The SMILES string of the molecule is COCCOC(=O)NCCO/N=C(\C)COc1ccccc1. The van der Waals surface area contributed by atoms with E-state index in [0.29, 0.717) is 25.5 Å². The molecule has 0 aliphatic heterocycles. The van der Waals surface area contributed by atoms with E-state index >= 15 is 0 Å². The van der Waals surface area contributed by atoms with Gasteiger partial charge < -0.3 is 24.4 Å². The average molecular weight is 310 g/mol. The number of hydrogen-bond donors (Lipinski definition) is 1. The molecule has 0 fully saturated rings. The summed E-state index contributed by atoms with van der Waals surface area (Å²) in [7, 11) is 1.54. The second kappa shape index (κ2) is 11.4. The number of ether oxygens (including phenoxy) is 3. The molecule has 0 heterocycles. The lowest BCUT2D eigenvalue weighted by Crippen LogP contribution is -2.28. The predicted octanol–water partition coefficient (Wildman–Crippen LogP) is 1.83. The molecule has 0 saturated heterocycles. The smallest absolute Gasteiger partial charge is 0.407 e. The van der Waals surface area contributed by atoms with E-state index in [1.807, 2.05) is 30.3 Å². The van der Waals surface area contributed by atoms with Crippen molar-refractivity contribution in [3.63, 3.8) is 0 Å². The quantitative estimate of drug-likeness (QED) is 0.405. The number of hydrogen-bond acceptors (Lipinski definition) is 6. The summed E-state index contributed by atoms with van der Waals surface area (Å²) in [6.45, 7) is 3.29. The van der Waals surface area contributed by atoms with Gasteiger partial charge in [0.05, 0.1) is 18.9 Å². The second-order valence-corrected chi connectivity index (χ2v) is 4.32.